The predicted molar refractivity (Wildman–Crippen MR) is 57.1 cm³/mol. The van der Waals surface area contributed by atoms with Crippen molar-refractivity contribution in [3.05, 3.63) is 32.8 Å². The summed E-state index contributed by atoms with van der Waals surface area (Å²) in [7, 11) is 0. The minimum absolute atomic E-state index is 0.0509. The highest BCUT2D eigenvalue weighted by atomic mass is 35.5. The van der Waals surface area contributed by atoms with Crippen LogP contribution in [0.3, 0.4) is 0 Å². The molecule has 0 saturated carbocycles. The zero-order valence-corrected chi connectivity index (χ0v) is 10.1. The average molecular weight is 293 g/mol. The van der Waals surface area contributed by atoms with Crippen molar-refractivity contribution in [1.29, 1.82) is 0 Å². The molecule has 0 fully saturated rings. The fourth-order valence-electron chi connectivity index (χ4n) is 1.00. The fraction of sp³-hybridized carbons (Fsp3) is 0.333. The van der Waals surface area contributed by atoms with E-state index in [0.29, 0.717) is 6.92 Å². The van der Waals surface area contributed by atoms with Gasteiger partial charge < -0.3 is 5.11 Å². The second-order valence-electron chi connectivity index (χ2n) is 3.32. The van der Waals surface area contributed by atoms with Gasteiger partial charge in [-0.3, -0.25) is 0 Å². The first-order chi connectivity index (χ1) is 7.07. The molecule has 0 heterocycles. The minimum atomic E-state index is -4.83. The topological polar surface area (TPSA) is 20.2 Å². The molecule has 0 spiro atoms. The van der Waals surface area contributed by atoms with Crippen molar-refractivity contribution < 1.29 is 18.3 Å². The number of aliphatic hydroxyl groups is 1. The highest BCUT2D eigenvalue weighted by Crippen LogP contribution is 2.42. The van der Waals surface area contributed by atoms with Crippen LogP contribution in [-0.2, 0) is 5.60 Å². The van der Waals surface area contributed by atoms with Crippen molar-refractivity contribution in [2.24, 2.45) is 0 Å². The van der Waals surface area contributed by atoms with Gasteiger partial charge in [0.1, 0.15) is 0 Å². The molecule has 16 heavy (non-hydrogen) atoms. The molecule has 1 nitrogen and oxygen atoms in total. The summed E-state index contributed by atoms with van der Waals surface area (Å²) in [4.78, 5) is 0. The largest absolute Gasteiger partial charge is 0.421 e. The van der Waals surface area contributed by atoms with Gasteiger partial charge in [0.25, 0.3) is 0 Å². The van der Waals surface area contributed by atoms with Crippen LogP contribution < -0.4 is 0 Å². The summed E-state index contributed by atoms with van der Waals surface area (Å²) in [5.74, 6) is 0. The van der Waals surface area contributed by atoms with Crippen LogP contribution in [0.4, 0.5) is 13.2 Å². The molecule has 0 bridgehead atoms. The van der Waals surface area contributed by atoms with Crippen molar-refractivity contribution in [2.75, 3.05) is 0 Å². The predicted octanol–water partition coefficient (Wildman–Crippen LogP) is 4.42. The van der Waals surface area contributed by atoms with Crippen LogP contribution in [0.2, 0.25) is 15.1 Å². The number of rotatable bonds is 1. The average Bonchev–Trinajstić information content (AvgIpc) is 2.11. The van der Waals surface area contributed by atoms with Crippen LogP contribution >= 0.6 is 34.8 Å². The summed E-state index contributed by atoms with van der Waals surface area (Å²) < 4.78 is 37.5. The molecule has 7 heteroatoms. The van der Waals surface area contributed by atoms with Gasteiger partial charge >= 0.3 is 6.18 Å². The van der Waals surface area contributed by atoms with E-state index in [1.807, 2.05) is 0 Å². The first-order valence-electron chi connectivity index (χ1n) is 4.01. The molecular formula is C9H6Cl3F3O. The van der Waals surface area contributed by atoms with Gasteiger partial charge in [-0.1, -0.05) is 34.8 Å². The standard InChI is InChI=1S/C9H6Cl3F3O/c1-8(16,9(13,14)15)4-2-5(10)7(12)6(11)3-4/h2-3,16H,1H3. The second kappa shape index (κ2) is 4.26. The zero-order chi connectivity index (χ0) is 12.7. The Hall–Kier alpha value is -0.160. The molecule has 0 radical (unpaired) electrons. The lowest BCUT2D eigenvalue weighted by Gasteiger charge is -2.27. The van der Waals surface area contributed by atoms with Gasteiger partial charge in [0.05, 0.1) is 15.1 Å². The molecule has 90 valence electrons. The Bertz CT molecular complexity index is 392. The number of alkyl halides is 3. The molecule has 0 aromatic heterocycles. The van der Waals surface area contributed by atoms with Crippen molar-refractivity contribution in [3.63, 3.8) is 0 Å². The number of halogens is 6. The third kappa shape index (κ3) is 2.40. The van der Waals surface area contributed by atoms with Crippen LogP contribution in [0.5, 0.6) is 0 Å². The zero-order valence-electron chi connectivity index (χ0n) is 7.87. The first-order valence-corrected chi connectivity index (χ1v) is 5.15. The maximum absolute atomic E-state index is 12.5. The maximum Gasteiger partial charge on any atom is 0.421 e. The minimum Gasteiger partial charge on any atom is -0.376 e. The van der Waals surface area contributed by atoms with Crippen molar-refractivity contribution in [2.45, 2.75) is 18.7 Å². The highest BCUT2D eigenvalue weighted by molar-refractivity contribution is 6.48. The molecule has 0 aliphatic heterocycles. The van der Waals surface area contributed by atoms with E-state index in [1.54, 1.807) is 0 Å². The summed E-state index contributed by atoms with van der Waals surface area (Å²) in [6.07, 6.45) is -4.83. The van der Waals surface area contributed by atoms with Gasteiger partial charge in [-0.2, -0.15) is 13.2 Å². The van der Waals surface area contributed by atoms with Crippen molar-refractivity contribution in [3.8, 4) is 0 Å². The van der Waals surface area contributed by atoms with Crippen LogP contribution in [0.1, 0.15) is 12.5 Å². The van der Waals surface area contributed by atoms with E-state index in [9.17, 15) is 18.3 Å². The van der Waals surface area contributed by atoms with Crippen LogP contribution in [0.25, 0.3) is 0 Å². The summed E-state index contributed by atoms with van der Waals surface area (Å²) >= 11 is 16.7. The third-order valence-electron chi connectivity index (χ3n) is 2.10. The van der Waals surface area contributed by atoms with E-state index in [2.05, 4.69) is 0 Å². The summed E-state index contributed by atoms with van der Waals surface area (Å²) in [6.45, 7) is 0.614. The molecule has 0 saturated heterocycles. The van der Waals surface area contributed by atoms with Gasteiger partial charge in [0.15, 0.2) is 5.60 Å². The van der Waals surface area contributed by atoms with Gasteiger partial charge in [-0.05, 0) is 24.6 Å². The lowest BCUT2D eigenvalue weighted by atomic mass is 9.95. The van der Waals surface area contributed by atoms with Crippen LogP contribution in [-0.4, -0.2) is 11.3 Å². The molecule has 1 aromatic rings. The molecule has 0 amide bonds. The van der Waals surface area contributed by atoms with Crippen molar-refractivity contribution in [1.82, 2.24) is 0 Å². The molecule has 1 atom stereocenters. The van der Waals surface area contributed by atoms with E-state index >= 15 is 0 Å². The van der Waals surface area contributed by atoms with Crippen LogP contribution in [0.15, 0.2) is 12.1 Å². The number of hydrogen-bond acceptors (Lipinski definition) is 1. The molecule has 0 aliphatic rings. The third-order valence-corrected chi connectivity index (χ3v) is 3.29. The molecule has 1 aromatic carbocycles. The monoisotopic (exact) mass is 292 g/mol. The summed E-state index contributed by atoms with van der Waals surface area (Å²) in [5, 5.41) is 9.04. The molecule has 0 aliphatic carbocycles. The Kier molecular flexibility index (Phi) is 3.70. The lowest BCUT2D eigenvalue weighted by molar-refractivity contribution is -0.258. The Morgan fingerprint density at radius 2 is 1.44 bits per heavy atom. The van der Waals surface area contributed by atoms with E-state index < -0.39 is 17.3 Å². The SMILES string of the molecule is CC(O)(c1cc(Cl)c(Cl)c(Cl)c1)C(F)(F)F. The van der Waals surface area contributed by atoms with E-state index in [4.69, 9.17) is 34.8 Å². The van der Waals surface area contributed by atoms with E-state index in [0.717, 1.165) is 12.1 Å². The van der Waals surface area contributed by atoms with Gasteiger partial charge in [0.2, 0.25) is 0 Å². The molecular weight excluding hydrogens is 287 g/mol. The number of benzene rings is 1. The Balaban J connectivity index is 3.35. The smallest absolute Gasteiger partial charge is 0.376 e. The summed E-state index contributed by atoms with van der Waals surface area (Å²) in [6, 6.07) is 1.87. The van der Waals surface area contributed by atoms with E-state index in [1.165, 1.54) is 0 Å². The van der Waals surface area contributed by atoms with Crippen molar-refractivity contribution >= 4 is 34.8 Å². The van der Waals surface area contributed by atoms with Gasteiger partial charge in [-0.15, -0.1) is 0 Å². The maximum atomic E-state index is 12.5. The second-order valence-corrected chi connectivity index (χ2v) is 4.52. The van der Waals surface area contributed by atoms with Gasteiger partial charge in [0, 0.05) is 0 Å². The Morgan fingerprint density at radius 3 is 1.75 bits per heavy atom. The fourth-order valence-corrected chi connectivity index (χ4v) is 1.60. The molecule has 1 unspecified atom stereocenters. The highest BCUT2D eigenvalue weighted by Gasteiger charge is 2.51. The molecule has 1 N–H and O–H groups in total. The van der Waals surface area contributed by atoms with Gasteiger partial charge in [-0.25, -0.2) is 0 Å². The normalized spacial score (nSPS) is 16.0. The quantitative estimate of drug-likeness (QED) is 0.760. The number of hydrogen-bond donors (Lipinski definition) is 1. The summed E-state index contributed by atoms with van der Waals surface area (Å²) in [5.41, 5.74) is -3.48. The van der Waals surface area contributed by atoms with Crippen LogP contribution in [0, 0.1) is 0 Å². The van der Waals surface area contributed by atoms with E-state index in [-0.39, 0.29) is 15.1 Å². The Labute approximate surface area is 105 Å². The lowest BCUT2D eigenvalue weighted by Crippen LogP contribution is -2.39. The first kappa shape index (κ1) is 13.9. The molecule has 1 rings (SSSR count). The Morgan fingerprint density at radius 1 is 1.06 bits per heavy atom.